The van der Waals surface area contributed by atoms with Gasteiger partial charge in [0.25, 0.3) is 0 Å². The fourth-order valence-corrected chi connectivity index (χ4v) is 6.13. The molecule has 4 heteroatoms. The molecule has 2 atom stereocenters. The molecule has 0 heterocycles. The summed E-state index contributed by atoms with van der Waals surface area (Å²) in [6.45, 7) is 0. The minimum absolute atomic E-state index is 0.0609. The second kappa shape index (κ2) is 14.0. The minimum Gasteiger partial charge on any atom is -0.457 e. The van der Waals surface area contributed by atoms with Crippen molar-refractivity contribution in [2.45, 2.75) is 11.8 Å². The van der Waals surface area contributed by atoms with Crippen molar-refractivity contribution in [1.82, 2.24) is 0 Å². The summed E-state index contributed by atoms with van der Waals surface area (Å²) >= 11 is 0. The van der Waals surface area contributed by atoms with Crippen LogP contribution in [0.3, 0.4) is 0 Å². The standard InChI is InChI=1S/C44H36N2O2/c45-37-19-27-41(28-20-37)47-39-23-15-35(16-24-39)43(31-7-3-1-4-8-31)33-11-13-34(14-12-33)44(32-9-5-2-6-10-32)36-17-25-40(26-18-36)48-42-29-21-38(46)22-30-42/h1-30,43-44H,45-46H2. The zero-order valence-corrected chi connectivity index (χ0v) is 26.4. The Labute approximate surface area is 281 Å². The number of hydrogen-bond acceptors (Lipinski definition) is 4. The molecule has 0 saturated carbocycles. The van der Waals surface area contributed by atoms with Gasteiger partial charge < -0.3 is 20.9 Å². The lowest BCUT2D eigenvalue weighted by Crippen LogP contribution is -2.06. The van der Waals surface area contributed by atoms with Crippen LogP contribution in [0.5, 0.6) is 23.0 Å². The van der Waals surface area contributed by atoms with Crippen LogP contribution in [0.4, 0.5) is 11.4 Å². The van der Waals surface area contributed by atoms with E-state index in [9.17, 15) is 0 Å². The first kappa shape index (κ1) is 30.4. The fraction of sp³-hybridized carbons (Fsp3) is 0.0455. The summed E-state index contributed by atoms with van der Waals surface area (Å²) in [7, 11) is 0. The third kappa shape index (κ3) is 7.09. The van der Waals surface area contributed by atoms with Crippen LogP contribution in [0, 0.1) is 0 Å². The predicted octanol–water partition coefficient (Wildman–Crippen LogP) is 10.8. The zero-order valence-electron chi connectivity index (χ0n) is 26.4. The van der Waals surface area contributed by atoms with Crippen LogP contribution in [0.1, 0.15) is 45.2 Å². The van der Waals surface area contributed by atoms with Gasteiger partial charge in [0.2, 0.25) is 0 Å². The van der Waals surface area contributed by atoms with Gasteiger partial charge in [-0.15, -0.1) is 0 Å². The molecule has 0 saturated heterocycles. The van der Waals surface area contributed by atoms with Gasteiger partial charge in [0, 0.05) is 23.2 Å². The monoisotopic (exact) mass is 624 g/mol. The first-order valence-electron chi connectivity index (χ1n) is 16.1. The minimum atomic E-state index is 0.0609. The summed E-state index contributed by atoms with van der Waals surface area (Å²) in [6.07, 6.45) is 0. The molecule has 0 spiro atoms. The van der Waals surface area contributed by atoms with Gasteiger partial charge >= 0.3 is 0 Å². The maximum Gasteiger partial charge on any atom is 0.127 e. The molecule has 0 bridgehead atoms. The molecule has 0 aromatic heterocycles. The summed E-state index contributed by atoms with van der Waals surface area (Å²) in [5.41, 5.74) is 20.4. The molecular weight excluding hydrogens is 588 g/mol. The summed E-state index contributed by atoms with van der Waals surface area (Å²) in [5, 5.41) is 0. The van der Waals surface area contributed by atoms with E-state index in [2.05, 4.69) is 109 Å². The molecule has 0 aliphatic carbocycles. The second-order valence-electron chi connectivity index (χ2n) is 11.8. The van der Waals surface area contributed by atoms with Crippen LogP contribution < -0.4 is 20.9 Å². The molecule has 2 unspecified atom stereocenters. The molecule has 48 heavy (non-hydrogen) atoms. The van der Waals surface area contributed by atoms with Gasteiger partial charge in [-0.1, -0.05) is 109 Å². The van der Waals surface area contributed by atoms with Crippen LogP contribution >= 0.6 is 0 Å². The van der Waals surface area contributed by atoms with Crippen molar-refractivity contribution in [3.8, 4) is 23.0 Å². The molecule has 0 radical (unpaired) electrons. The largest absolute Gasteiger partial charge is 0.457 e. The number of hydrogen-bond donors (Lipinski definition) is 2. The zero-order chi connectivity index (χ0) is 32.7. The van der Waals surface area contributed by atoms with Crippen LogP contribution in [-0.4, -0.2) is 0 Å². The van der Waals surface area contributed by atoms with Crippen molar-refractivity contribution in [3.63, 3.8) is 0 Å². The molecule has 7 aromatic carbocycles. The van der Waals surface area contributed by atoms with Crippen LogP contribution in [-0.2, 0) is 0 Å². The SMILES string of the molecule is Nc1ccc(Oc2ccc(C(c3ccccc3)c3ccc(C(c4ccccc4)c4ccc(Oc5ccc(N)cc5)cc4)cc3)cc2)cc1. The summed E-state index contributed by atoms with van der Waals surface area (Å²) in [5.74, 6) is 3.19. The van der Waals surface area contributed by atoms with E-state index in [1.165, 1.54) is 33.4 Å². The Bertz CT molecular complexity index is 1890. The third-order valence-electron chi connectivity index (χ3n) is 8.53. The molecule has 0 fully saturated rings. The number of nitrogen functional groups attached to an aromatic ring is 2. The van der Waals surface area contributed by atoms with Gasteiger partial charge in [-0.2, -0.15) is 0 Å². The number of benzene rings is 7. The van der Waals surface area contributed by atoms with Crippen molar-refractivity contribution in [1.29, 1.82) is 0 Å². The molecule has 0 aliphatic heterocycles. The highest BCUT2D eigenvalue weighted by atomic mass is 16.5. The van der Waals surface area contributed by atoms with Gasteiger partial charge in [0.1, 0.15) is 23.0 Å². The van der Waals surface area contributed by atoms with Crippen LogP contribution in [0.25, 0.3) is 0 Å². The van der Waals surface area contributed by atoms with Crippen molar-refractivity contribution in [2.75, 3.05) is 11.5 Å². The predicted molar refractivity (Wildman–Crippen MR) is 196 cm³/mol. The average Bonchev–Trinajstić information content (AvgIpc) is 3.13. The number of anilines is 2. The highest BCUT2D eigenvalue weighted by Crippen LogP contribution is 2.37. The van der Waals surface area contributed by atoms with Gasteiger partial charge in [-0.25, -0.2) is 0 Å². The molecular formula is C44H36N2O2. The summed E-state index contributed by atoms with van der Waals surface area (Å²) in [6, 6.07) is 61.9. The first-order chi connectivity index (χ1) is 23.6. The van der Waals surface area contributed by atoms with Crippen LogP contribution in [0.15, 0.2) is 182 Å². The van der Waals surface area contributed by atoms with E-state index in [-0.39, 0.29) is 11.8 Å². The maximum atomic E-state index is 6.08. The molecule has 234 valence electrons. The average molecular weight is 625 g/mol. The van der Waals surface area contributed by atoms with E-state index in [1.54, 1.807) is 0 Å². The molecule has 0 amide bonds. The van der Waals surface area contributed by atoms with E-state index in [0.29, 0.717) is 11.4 Å². The molecule has 4 N–H and O–H groups in total. The topological polar surface area (TPSA) is 70.5 Å². The van der Waals surface area contributed by atoms with Crippen molar-refractivity contribution < 1.29 is 9.47 Å². The number of rotatable bonds is 10. The van der Waals surface area contributed by atoms with E-state index in [1.807, 2.05) is 72.8 Å². The second-order valence-corrected chi connectivity index (χ2v) is 11.8. The highest BCUT2D eigenvalue weighted by Gasteiger charge is 2.20. The van der Waals surface area contributed by atoms with E-state index in [4.69, 9.17) is 20.9 Å². The van der Waals surface area contributed by atoms with Crippen molar-refractivity contribution in [3.05, 3.63) is 215 Å². The Hall–Kier alpha value is -6.26. The van der Waals surface area contributed by atoms with Gasteiger partial charge in [-0.05, 0) is 106 Å². The quantitative estimate of drug-likeness (QED) is 0.117. The normalized spacial score (nSPS) is 12.2. The molecule has 7 aromatic rings. The van der Waals surface area contributed by atoms with Crippen molar-refractivity contribution in [2.24, 2.45) is 0 Å². The molecule has 4 nitrogen and oxygen atoms in total. The lowest BCUT2D eigenvalue weighted by Gasteiger charge is -2.22. The Morgan fingerprint density at radius 2 is 0.500 bits per heavy atom. The lowest BCUT2D eigenvalue weighted by molar-refractivity contribution is 0.482. The molecule has 7 rings (SSSR count). The Morgan fingerprint density at radius 1 is 0.271 bits per heavy atom. The van der Waals surface area contributed by atoms with Gasteiger partial charge in [0.05, 0.1) is 0 Å². The number of nitrogens with two attached hydrogens (primary N) is 2. The first-order valence-corrected chi connectivity index (χ1v) is 16.1. The van der Waals surface area contributed by atoms with E-state index >= 15 is 0 Å². The number of ether oxygens (including phenoxy) is 2. The smallest absolute Gasteiger partial charge is 0.127 e. The van der Waals surface area contributed by atoms with Gasteiger partial charge in [-0.3, -0.25) is 0 Å². The lowest BCUT2D eigenvalue weighted by atomic mass is 9.82. The highest BCUT2D eigenvalue weighted by molar-refractivity contribution is 5.50. The van der Waals surface area contributed by atoms with E-state index < -0.39 is 0 Å². The summed E-state index contributed by atoms with van der Waals surface area (Å²) < 4.78 is 12.2. The summed E-state index contributed by atoms with van der Waals surface area (Å²) in [4.78, 5) is 0. The molecule has 0 aliphatic rings. The Kier molecular flexibility index (Phi) is 8.88. The third-order valence-corrected chi connectivity index (χ3v) is 8.53. The Morgan fingerprint density at radius 3 is 0.792 bits per heavy atom. The van der Waals surface area contributed by atoms with Crippen molar-refractivity contribution >= 4 is 11.4 Å². The maximum absolute atomic E-state index is 6.08. The van der Waals surface area contributed by atoms with Gasteiger partial charge in [0.15, 0.2) is 0 Å². The Balaban J connectivity index is 1.18. The fourth-order valence-electron chi connectivity index (χ4n) is 6.13. The van der Waals surface area contributed by atoms with E-state index in [0.717, 1.165) is 23.0 Å². The van der Waals surface area contributed by atoms with Crippen LogP contribution in [0.2, 0.25) is 0 Å².